The molecule has 1 aliphatic heterocycles. The molecule has 0 aliphatic carbocycles. The molecule has 204 valence electrons. The Morgan fingerprint density at radius 1 is 0.947 bits per heavy atom. The number of halogens is 3. The first-order valence-corrected chi connectivity index (χ1v) is 13.3. The minimum atomic E-state index is -4.33. The van der Waals surface area contributed by atoms with Crippen molar-refractivity contribution in [2.75, 3.05) is 13.1 Å². The molecule has 1 amide bonds. The van der Waals surface area contributed by atoms with Crippen molar-refractivity contribution in [2.24, 2.45) is 11.8 Å². The van der Waals surface area contributed by atoms with Gasteiger partial charge in [0.15, 0.2) is 0 Å². The van der Waals surface area contributed by atoms with Crippen molar-refractivity contribution < 1.29 is 23.1 Å². The highest BCUT2D eigenvalue weighted by Gasteiger charge is 2.30. The summed E-state index contributed by atoms with van der Waals surface area (Å²) in [7, 11) is 0. The fraction of sp³-hybridized carbons (Fsp3) is 0.406. The number of carbonyl (C=O) groups excluding carboxylic acids is 1. The second kappa shape index (κ2) is 13.5. The van der Waals surface area contributed by atoms with E-state index in [1.807, 2.05) is 0 Å². The Balaban J connectivity index is 0.000000304. The van der Waals surface area contributed by atoms with Gasteiger partial charge in [0.2, 0.25) is 5.91 Å². The SMILES string of the molecule is CC(C)Cc1ccccc1C(C)C(=O)N1CCCC(Cc2ccccc2)C1.Oc1ccc(C(F)(F)F)cc1. The average Bonchev–Trinajstić information content (AvgIpc) is 2.89. The molecule has 2 atom stereocenters. The van der Waals surface area contributed by atoms with Gasteiger partial charge in [0.25, 0.3) is 0 Å². The highest BCUT2D eigenvalue weighted by Crippen LogP contribution is 2.30. The third-order valence-electron chi connectivity index (χ3n) is 6.91. The molecule has 0 radical (unpaired) electrons. The van der Waals surface area contributed by atoms with Gasteiger partial charge in [-0.3, -0.25) is 4.79 Å². The lowest BCUT2D eigenvalue weighted by atomic mass is 9.88. The maximum Gasteiger partial charge on any atom is 0.416 e. The second-order valence-corrected chi connectivity index (χ2v) is 10.5. The van der Waals surface area contributed by atoms with Crippen molar-refractivity contribution in [3.05, 3.63) is 101 Å². The topological polar surface area (TPSA) is 40.5 Å². The number of benzene rings is 3. The Morgan fingerprint density at radius 3 is 2.21 bits per heavy atom. The molecule has 1 aliphatic rings. The van der Waals surface area contributed by atoms with E-state index in [0.717, 1.165) is 56.6 Å². The van der Waals surface area contributed by atoms with Crippen molar-refractivity contribution in [1.29, 1.82) is 0 Å². The minimum Gasteiger partial charge on any atom is -0.508 e. The lowest BCUT2D eigenvalue weighted by molar-refractivity contribution is -0.137. The number of hydrogen-bond donors (Lipinski definition) is 1. The number of alkyl halides is 3. The average molecular weight is 526 g/mol. The van der Waals surface area contributed by atoms with E-state index in [-0.39, 0.29) is 11.7 Å². The fourth-order valence-corrected chi connectivity index (χ4v) is 5.02. The third-order valence-corrected chi connectivity index (χ3v) is 6.91. The number of phenols is 1. The molecule has 4 rings (SSSR count). The highest BCUT2D eigenvalue weighted by atomic mass is 19.4. The van der Waals surface area contributed by atoms with E-state index < -0.39 is 11.7 Å². The molecular formula is C32H38F3NO2. The normalized spacial score (nSPS) is 16.5. The maximum atomic E-state index is 13.3. The summed E-state index contributed by atoms with van der Waals surface area (Å²) in [4.78, 5) is 15.4. The van der Waals surface area contributed by atoms with Crippen LogP contribution in [-0.2, 0) is 23.8 Å². The lowest BCUT2D eigenvalue weighted by Gasteiger charge is -2.35. The molecule has 1 N–H and O–H groups in total. The van der Waals surface area contributed by atoms with Crippen molar-refractivity contribution in [2.45, 2.75) is 58.5 Å². The maximum absolute atomic E-state index is 13.3. The summed E-state index contributed by atoms with van der Waals surface area (Å²) in [5, 5.41) is 8.66. The molecule has 2 unspecified atom stereocenters. The molecule has 0 spiro atoms. The molecule has 1 fully saturated rings. The smallest absolute Gasteiger partial charge is 0.416 e. The van der Waals surface area contributed by atoms with Crippen LogP contribution in [0.3, 0.4) is 0 Å². The number of piperidine rings is 1. The minimum absolute atomic E-state index is 0.0598. The quantitative estimate of drug-likeness (QED) is 0.356. The number of rotatable bonds is 6. The number of hydrogen-bond acceptors (Lipinski definition) is 2. The largest absolute Gasteiger partial charge is 0.508 e. The van der Waals surface area contributed by atoms with Gasteiger partial charge in [0, 0.05) is 13.1 Å². The predicted octanol–water partition coefficient (Wildman–Crippen LogP) is 7.88. The van der Waals surface area contributed by atoms with Gasteiger partial charge in [0.05, 0.1) is 11.5 Å². The lowest BCUT2D eigenvalue weighted by Crippen LogP contribution is -2.42. The summed E-state index contributed by atoms with van der Waals surface area (Å²) in [6.45, 7) is 8.36. The number of amides is 1. The van der Waals surface area contributed by atoms with E-state index in [1.165, 1.54) is 23.1 Å². The Hall–Kier alpha value is -3.28. The van der Waals surface area contributed by atoms with Crippen LogP contribution in [0.2, 0.25) is 0 Å². The van der Waals surface area contributed by atoms with Crippen LogP contribution in [-0.4, -0.2) is 29.0 Å². The van der Waals surface area contributed by atoms with E-state index in [2.05, 4.69) is 80.3 Å². The van der Waals surface area contributed by atoms with Gasteiger partial charge >= 0.3 is 6.18 Å². The molecule has 1 heterocycles. The van der Waals surface area contributed by atoms with Gasteiger partial charge in [0.1, 0.15) is 5.75 Å². The third kappa shape index (κ3) is 8.64. The van der Waals surface area contributed by atoms with Crippen LogP contribution in [0.25, 0.3) is 0 Å². The van der Waals surface area contributed by atoms with Crippen LogP contribution in [0, 0.1) is 11.8 Å². The van der Waals surface area contributed by atoms with E-state index >= 15 is 0 Å². The first-order chi connectivity index (χ1) is 18.0. The molecule has 0 aromatic heterocycles. The predicted molar refractivity (Wildman–Crippen MR) is 146 cm³/mol. The molecule has 3 aromatic rings. The van der Waals surface area contributed by atoms with Crippen molar-refractivity contribution in [3.63, 3.8) is 0 Å². The Labute approximate surface area is 224 Å². The van der Waals surface area contributed by atoms with Crippen LogP contribution in [0.5, 0.6) is 5.75 Å². The zero-order chi connectivity index (χ0) is 27.7. The molecular weight excluding hydrogens is 487 g/mol. The zero-order valence-electron chi connectivity index (χ0n) is 22.4. The summed E-state index contributed by atoms with van der Waals surface area (Å²) in [6, 6.07) is 22.8. The van der Waals surface area contributed by atoms with Gasteiger partial charge in [-0.25, -0.2) is 0 Å². The summed E-state index contributed by atoms with van der Waals surface area (Å²) in [5.41, 5.74) is 3.16. The molecule has 1 saturated heterocycles. The van der Waals surface area contributed by atoms with Gasteiger partial charge in [-0.15, -0.1) is 0 Å². The number of nitrogens with zero attached hydrogens (tertiary/aromatic N) is 1. The summed E-state index contributed by atoms with van der Waals surface area (Å²) < 4.78 is 35.5. The first-order valence-electron chi connectivity index (χ1n) is 13.3. The number of carbonyl (C=O) groups is 1. The van der Waals surface area contributed by atoms with E-state index in [9.17, 15) is 18.0 Å². The van der Waals surface area contributed by atoms with Gasteiger partial charge in [-0.1, -0.05) is 68.4 Å². The summed E-state index contributed by atoms with van der Waals surface area (Å²) >= 11 is 0. The fourth-order valence-electron chi connectivity index (χ4n) is 5.02. The highest BCUT2D eigenvalue weighted by molar-refractivity contribution is 5.83. The molecule has 0 saturated carbocycles. The Morgan fingerprint density at radius 2 is 1.58 bits per heavy atom. The number of aromatic hydroxyl groups is 1. The standard InChI is InChI=1S/C25H33NO.C7H5F3O/c1-19(2)16-23-13-7-8-14-24(23)20(3)25(27)26-15-9-12-22(18-26)17-21-10-5-4-6-11-21;8-7(9,10)5-1-3-6(11)4-2-5/h4-8,10-11,13-14,19-20,22H,9,12,15-18H2,1-3H3;1-4,11H. The van der Waals surface area contributed by atoms with Crippen LogP contribution in [0.1, 0.15) is 61.8 Å². The zero-order valence-corrected chi connectivity index (χ0v) is 22.4. The Kier molecular flexibility index (Phi) is 10.4. The van der Waals surface area contributed by atoms with Crippen LogP contribution < -0.4 is 0 Å². The molecule has 6 heteroatoms. The van der Waals surface area contributed by atoms with E-state index in [0.29, 0.717) is 17.7 Å². The van der Waals surface area contributed by atoms with Gasteiger partial charge in [-0.2, -0.15) is 13.2 Å². The van der Waals surface area contributed by atoms with Crippen molar-refractivity contribution in [1.82, 2.24) is 4.90 Å². The van der Waals surface area contributed by atoms with Gasteiger partial charge in [-0.05, 0) is 85.4 Å². The van der Waals surface area contributed by atoms with E-state index in [1.54, 1.807) is 0 Å². The number of phenolic OH excluding ortho intramolecular Hbond substituents is 1. The molecule has 0 bridgehead atoms. The van der Waals surface area contributed by atoms with Crippen molar-refractivity contribution in [3.8, 4) is 5.75 Å². The van der Waals surface area contributed by atoms with Crippen LogP contribution in [0.4, 0.5) is 13.2 Å². The second-order valence-electron chi connectivity index (χ2n) is 10.5. The Bertz CT molecular complexity index is 1140. The van der Waals surface area contributed by atoms with Crippen molar-refractivity contribution >= 4 is 5.91 Å². The van der Waals surface area contributed by atoms with Gasteiger partial charge < -0.3 is 10.0 Å². The van der Waals surface area contributed by atoms with Crippen LogP contribution >= 0.6 is 0 Å². The molecule has 3 nitrogen and oxygen atoms in total. The number of likely N-dealkylation sites (tertiary alicyclic amines) is 1. The summed E-state index contributed by atoms with van der Waals surface area (Å²) in [5.74, 6) is 1.24. The van der Waals surface area contributed by atoms with E-state index in [4.69, 9.17) is 5.11 Å². The molecule has 38 heavy (non-hydrogen) atoms. The first kappa shape index (κ1) is 29.3. The summed E-state index contributed by atoms with van der Waals surface area (Å²) in [6.07, 6.45) is 0.113. The monoisotopic (exact) mass is 525 g/mol. The van der Waals surface area contributed by atoms with Crippen LogP contribution in [0.15, 0.2) is 78.9 Å². The molecule has 3 aromatic carbocycles.